The molecule has 0 radical (unpaired) electrons. The molecule has 1 aromatic rings. The summed E-state index contributed by atoms with van der Waals surface area (Å²) in [5.74, 6) is -0.619. The highest BCUT2D eigenvalue weighted by atomic mass is 16.6. The summed E-state index contributed by atoms with van der Waals surface area (Å²) < 4.78 is 5.22. The van der Waals surface area contributed by atoms with Gasteiger partial charge in [-0.1, -0.05) is 30.3 Å². The molecule has 0 spiro atoms. The number of carbonyl (C=O) groups excluding carboxylic acids is 1. The number of nitrogens with two attached hydrogens (primary N) is 1. The Balaban J connectivity index is 2.89. The molecule has 1 aromatic carbocycles. The van der Waals surface area contributed by atoms with Gasteiger partial charge in [0.15, 0.2) is 0 Å². The summed E-state index contributed by atoms with van der Waals surface area (Å²) in [5, 5.41) is 10.2. The van der Waals surface area contributed by atoms with Gasteiger partial charge in [-0.15, -0.1) is 0 Å². The Labute approximate surface area is 108 Å². The number of benzene rings is 1. The number of aliphatic hydroxyl groups excluding tert-OH is 1. The van der Waals surface area contributed by atoms with Gasteiger partial charge in [0.25, 0.3) is 0 Å². The predicted octanol–water partition coefficient (Wildman–Crippen LogP) is 1.78. The van der Waals surface area contributed by atoms with Gasteiger partial charge < -0.3 is 15.6 Å². The van der Waals surface area contributed by atoms with E-state index in [2.05, 4.69) is 0 Å². The Hall–Kier alpha value is -1.39. The largest absolute Gasteiger partial charge is 0.459 e. The molecule has 1 rings (SSSR count). The molecule has 1 unspecified atom stereocenters. The third-order valence-electron chi connectivity index (χ3n) is 2.52. The van der Waals surface area contributed by atoms with Crippen LogP contribution < -0.4 is 5.73 Å². The SMILES string of the molecule is CC(C)(C)OC(=O)[C@@](C)(N)C(O)c1ccccc1. The molecule has 2 atom stereocenters. The van der Waals surface area contributed by atoms with Crippen molar-refractivity contribution in [3.63, 3.8) is 0 Å². The van der Waals surface area contributed by atoms with E-state index in [0.717, 1.165) is 0 Å². The molecule has 0 amide bonds. The summed E-state index contributed by atoms with van der Waals surface area (Å²) in [4.78, 5) is 12.0. The van der Waals surface area contributed by atoms with E-state index in [9.17, 15) is 9.90 Å². The summed E-state index contributed by atoms with van der Waals surface area (Å²) in [5.41, 5.74) is 4.40. The van der Waals surface area contributed by atoms with Gasteiger partial charge in [-0.3, -0.25) is 0 Å². The van der Waals surface area contributed by atoms with E-state index in [1.54, 1.807) is 45.0 Å². The fraction of sp³-hybridized carbons (Fsp3) is 0.500. The van der Waals surface area contributed by atoms with Crippen molar-refractivity contribution in [2.75, 3.05) is 0 Å². The summed E-state index contributed by atoms with van der Waals surface area (Å²) in [6.07, 6.45) is -1.10. The van der Waals surface area contributed by atoms with Gasteiger partial charge in [0.05, 0.1) is 0 Å². The average Bonchev–Trinajstić information content (AvgIpc) is 2.27. The molecule has 0 aliphatic heterocycles. The van der Waals surface area contributed by atoms with Crippen molar-refractivity contribution in [1.82, 2.24) is 0 Å². The third-order valence-corrected chi connectivity index (χ3v) is 2.52. The van der Waals surface area contributed by atoms with Crippen LogP contribution in [0.2, 0.25) is 0 Å². The number of ether oxygens (including phenoxy) is 1. The lowest BCUT2D eigenvalue weighted by molar-refractivity contribution is -0.165. The van der Waals surface area contributed by atoms with Crippen molar-refractivity contribution >= 4 is 5.97 Å². The van der Waals surface area contributed by atoms with Crippen molar-refractivity contribution < 1.29 is 14.6 Å². The van der Waals surface area contributed by atoms with E-state index in [4.69, 9.17) is 10.5 Å². The van der Waals surface area contributed by atoms with E-state index in [1.165, 1.54) is 6.92 Å². The number of aliphatic hydroxyl groups is 1. The van der Waals surface area contributed by atoms with E-state index in [0.29, 0.717) is 5.56 Å². The maximum absolute atomic E-state index is 12.0. The second-order valence-corrected chi connectivity index (χ2v) is 5.60. The topological polar surface area (TPSA) is 72.5 Å². The van der Waals surface area contributed by atoms with Gasteiger partial charge in [-0.2, -0.15) is 0 Å². The minimum absolute atomic E-state index is 0.591. The molecular weight excluding hydrogens is 230 g/mol. The fourth-order valence-electron chi connectivity index (χ4n) is 1.48. The highest BCUT2D eigenvalue weighted by Gasteiger charge is 2.40. The third kappa shape index (κ3) is 3.55. The van der Waals surface area contributed by atoms with Crippen LogP contribution in [0.25, 0.3) is 0 Å². The minimum Gasteiger partial charge on any atom is -0.459 e. The molecule has 0 bridgehead atoms. The monoisotopic (exact) mass is 251 g/mol. The zero-order valence-corrected chi connectivity index (χ0v) is 11.3. The van der Waals surface area contributed by atoms with Crippen LogP contribution >= 0.6 is 0 Å². The Morgan fingerprint density at radius 3 is 2.17 bits per heavy atom. The first kappa shape index (κ1) is 14.7. The van der Waals surface area contributed by atoms with Gasteiger partial charge in [0.2, 0.25) is 0 Å². The molecule has 0 aliphatic rings. The Morgan fingerprint density at radius 2 is 1.72 bits per heavy atom. The van der Waals surface area contributed by atoms with Gasteiger partial charge in [0, 0.05) is 0 Å². The van der Waals surface area contributed by atoms with Gasteiger partial charge in [-0.05, 0) is 33.3 Å². The molecule has 100 valence electrons. The molecule has 0 saturated heterocycles. The van der Waals surface area contributed by atoms with Crippen molar-refractivity contribution in [3.8, 4) is 0 Å². The van der Waals surface area contributed by atoms with Crippen LogP contribution in [0.5, 0.6) is 0 Å². The molecule has 18 heavy (non-hydrogen) atoms. The second kappa shape index (κ2) is 5.08. The van der Waals surface area contributed by atoms with Gasteiger partial charge in [0.1, 0.15) is 17.2 Å². The van der Waals surface area contributed by atoms with Crippen LogP contribution in [-0.4, -0.2) is 22.2 Å². The number of hydrogen-bond acceptors (Lipinski definition) is 4. The van der Waals surface area contributed by atoms with Crippen LogP contribution in [0.4, 0.5) is 0 Å². The number of hydrogen-bond donors (Lipinski definition) is 2. The fourth-order valence-corrected chi connectivity index (χ4v) is 1.48. The van der Waals surface area contributed by atoms with Gasteiger partial charge >= 0.3 is 5.97 Å². The molecule has 0 aliphatic carbocycles. The minimum atomic E-state index is -1.48. The molecule has 4 nitrogen and oxygen atoms in total. The highest BCUT2D eigenvalue weighted by molar-refractivity contribution is 5.81. The van der Waals surface area contributed by atoms with E-state index in [1.807, 2.05) is 6.07 Å². The number of carbonyl (C=O) groups is 1. The first-order valence-electron chi connectivity index (χ1n) is 5.90. The average molecular weight is 251 g/mol. The Morgan fingerprint density at radius 1 is 1.22 bits per heavy atom. The van der Waals surface area contributed by atoms with E-state index in [-0.39, 0.29) is 0 Å². The van der Waals surface area contributed by atoms with Crippen LogP contribution in [0.3, 0.4) is 0 Å². The van der Waals surface area contributed by atoms with Gasteiger partial charge in [-0.25, -0.2) is 4.79 Å². The van der Waals surface area contributed by atoms with Crippen molar-refractivity contribution in [2.24, 2.45) is 5.73 Å². The first-order chi connectivity index (χ1) is 8.14. The maximum Gasteiger partial charge on any atom is 0.329 e. The zero-order valence-electron chi connectivity index (χ0n) is 11.3. The Bertz CT molecular complexity index is 407. The highest BCUT2D eigenvalue weighted by Crippen LogP contribution is 2.26. The normalized spacial score (nSPS) is 16.8. The quantitative estimate of drug-likeness (QED) is 0.803. The van der Waals surface area contributed by atoms with Crippen LogP contribution in [-0.2, 0) is 9.53 Å². The first-order valence-corrected chi connectivity index (χ1v) is 5.90. The molecule has 4 heteroatoms. The lowest BCUT2D eigenvalue weighted by atomic mass is 9.90. The summed E-state index contributed by atoms with van der Waals surface area (Å²) in [6.45, 7) is 6.75. The lowest BCUT2D eigenvalue weighted by Gasteiger charge is -2.31. The summed E-state index contributed by atoms with van der Waals surface area (Å²) >= 11 is 0. The molecule has 0 fully saturated rings. The van der Waals surface area contributed by atoms with Crippen molar-refractivity contribution in [1.29, 1.82) is 0 Å². The summed E-state index contributed by atoms with van der Waals surface area (Å²) in [7, 11) is 0. The molecule has 0 saturated carbocycles. The molecule has 3 N–H and O–H groups in total. The van der Waals surface area contributed by atoms with Crippen molar-refractivity contribution in [2.45, 2.75) is 44.9 Å². The van der Waals surface area contributed by atoms with E-state index >= 15 is 0 Å². The second-order valence-electron chi connectivity index (χ2n) is 5.60. The smallest absolute Gasteiger partial charge is 0.329 e. The van der Waals surface area contributed by atoms with Crippen LogP contribution in [0, 0.1) is 0 Å². The molecule has 0 aromatic heterocycles. The van der Waals surface area contributed by atoms with Crippen LogP contribution in [0.15, 0.2) is 30.3 Å². The predicted molar refractivity (Wildman–Crippen MR) is 69.8 cm³/mol. The standard InChI is InChI=1S/C14H21NO3/c1-13(2,3)18-12(17)14(4,15)11(16)10-8-6-5-7-9-10/h5-9,11,16H,15H2,1-4H3/t11?,14-/m0/s1. The number of esters is 1. The summed E-state index contributed by atoms with van der Waals surface area (Å²) in [6, 6.07) is 8.84. The zero-order chi connectivity index (χ0) is 14.0. The maximum atomic E-state index is 12.0. The van der Waals surface area contributed by atoms with E-state index < -0.39 is 23.2 Å². The molecular formula is C14H21NO3. The molecule has 0 heterocycles. The van der Waals surface area contributed by atoms with Crippen LogP contribution in [0.1, 0.15) is 39.4 Å². The lowest BCUT2D eigenvalue weighted by Crippen LogP contribution is -2.53. The Kier molecular flexibility index (Phi) is 4.14. The number of rotatable bonds is 3. The van der Waals surface area contributed by atoms with Crippen molar-refractivity contribution in [3.05, 3.63) is 35.9 Å².